The van der Waals surface area contributed by atoms with Crippen LogP contribution in [0.15, 0.2) is 29.4 Å². The number of aromatic nitrogens is 3. The molecule has 29 heavy (non-hydrogen) atoms. The number of hydrogen-bond acceptors (Lipinski definition) is 4. The number of unbranched alkanes of at least 4 members (excludes halogenated alkanes) is 2. The molecule has 2 N–H and O–H groups in total. The minimum absolute atomic E-state index is 0.109. The molecule has 1 heterocycles. The Kier molecular flexibility index (Phi) is 8.32. The van der Waals surface area contributed by atoms with Crippen molar-refractivity contribution >= 4 is 17.7 Å². The van der Waals surface area contributed by atoms with Crippen LogP contribution in [0, 0.1) is 5.92 Å². The largest absolute Gasteiger partial charge is 0.369 e. The van der Waals surface area contributed by atoms with E-state index >= 15 is 0 Å². The van der Waals surface area contributed by atoms with E-state index in [0.717, 1.165) is 23.1 Å². The van der Waals surface area contributed by atoms with Crippen LogP contribution >= 0.6 is 11.8 Å². The molecule has 160 valence electrons. The molecular formula is C23H36N4OS. The summed E-state index contributed by atoms with van der Waals surface area (Å²) in [6.45, 7) is 13.8. The minimum atomic E-state index is -0.343. The molecule has 5 nitrogen and oxygen atoms in total. The van der Waals surface area contributed by atoms with Crippen molar-refractivity contribution < 1.29 is 4.79 Å². The molecule has 0 saturated heterocycles. The number of hydrogen-bond donors (Lipinski definition) is 1. The average molecular weight is 417 g/mol. The van der Waals surface area contributed by atoms with Gasteiger partial charge >= 0.3 is 0 Å². The molecule has 0 aliphatic rings. The molecule has 0 fully saturated rings. The van der Waals surface area contributed by atoms with E-state index in [0.29, 0.717) is 5.92 Å². The van der Waals surface area contributed by atoms with Gasteiger partial charge in [0.1, 0.15) is 0 Å². The Morgan fingerprint density at radius 2 is 1.79 bits per heavy atom. The van der Waals surface area contributed by atoms with Crippen LogP contribution in [0.5, 0.6) is 0 Å². The van der Waals surface area contributed by atoms with Gasteiger partial charge in [-0.25, -0.2) is 0 Å². The highest BCUT2D eigenvalue weighted by Crippen LogP contribution is 2.30. The van der Waals surface area contributed by atoms with Crippen LogP contribution in [0.1, 0.15) is 72.8 Å². The maximum atomic E-state index is 11.6. The number of thioether (sulfide) groups is 1. The third-order valence-electron chi connectivity index (χ3n) is 5.20. The van der Waals surface area contributed by atoms with Crippen molar-refractivity contribution in [2.24, 2.45) is 11.7 Å². The van der Waals surface area contributed by atoms with Gasteiger partial charge in [-0.3, -0.25) is 4.79 Å². The molecule has 0 spiro atoms. The first-order chi connectivity index (χ1) is 13.6. The second-order valence-corrected chi connectivity index (χ2v) is 10.3. The van der Waals surface area contributed by atoms with E-state index in [-0.39, 0.29) is 16.6 Å². The molecular weight excluding hydrogens is 380 g/mol. The second kappa shape index (κ2) is 10.3. The van der Waals surface area contributed by atoms with Gasteiger partial charge in [0, 0.05) is 12.1 Å². The highest BCUT2D eigenvalue weighted by Gasteiger charge is 2.21. The Bertz CT molecular complexity index is 792. The van der Waals surface area contributed by atoms with Gasteiger partial charge in [-0.05, 0) is 30.2 Å². The van der Waals surface area contributed by atoms with Gasteiger partial charge < -0.3 is 10.3 Å². The number of primary amides is 1. The Balaban J connectivity index is 2.33. The Morgan fingerprint density at radius 3 is 2.34 bits per heavy atom. The minimum Gasteiger partial charge on any atom is -0.369 e. The molecule has 0 bridgehead atoms. The van der Waals surface area contributed by atoms with E-state index in [1.165, 1.54) is 43.0 Å². The van der Waals surface area contributed by atoms with E-state index in [1.807, 2.05) is 6.92 Å². The van der Waals surface area contributed by atoms with Crippen LogP contribution in [0.4, 0.5) is 0 Å². The fraction of sp³-hybridized carbons (Fsp3) is 0.609. The van der Waals surface area contributed by atoms with Crippen molar-refractivity contribution in [1.29, 1.82) is 0 Å². The van der Waals surface area contributed by atoms with Gasteiger partial charge in [0.2, 0.25) is 5.91 Å². The number of amides is 1. The quantitative estimate of drug-likeness (QED) is 0.414. The summed E-state index contributed by atoms with van der Waals surface area (Å²) in [6, 6.07) is 8.57. The van der Waals surface area contributed by atoms with E-state index in [2.05, 4.69) is 73.6 Å². The topological polar surface area (TPSA) is 73.8 Å². The Hall–Kier alpha value is -1.82. The third-order valence-corrected chi connectivity index (χ3v) is 6.30. The predicted octanol–water partition coefficient (Wildman–Crippen LogP) is 5.42. The van der Waals surface area contributed by atoms with E-state index in [4.69, 9.17) is 5.73 Å². The lowest BCUT2D eigenvalue weighted by molar-refractivity contribution is -0.117. The molecule has 0 radical (unpaired) electrons. The molecule has 2 unspecified atom stereocenters. The third kappa shape index (κ3) is 6.59. The zero-order valence-corrected chi connectivity index (χ0v) is 19.6. The molecule has 0 aliphatic heterocycles. The predicted molar refractivity (Wildman–Crippen MR) is 122 cm³/mol. The summed E-state index contributed by atoms with van der Waals surface area (Å²) in [6.07, 6.45) is 4.88. The fourth-order valence-corrected chi connectivity index (χ4v) is 4.04. The maximum absolute atomic E-state index is 11.6. The van der Waals surface area contributed by atoms with Crippen molar-refractivity contribution in [2.75, 3.05) is 0 Å². The van der Waals surface area contributed by atoms with Crippen molar-refractivity contribution in [1.82, 2.24) is 14.8 Å². The van der Waals surface area contributed by atoms with Crippen LogP contribution in [0.2, 0.25) is 0 Å². The first-order valence-electron chi connectivity index (χ1n) is 10.6. The van der Waals surface area contributed by atoms with Gasteiger partial charge in [-0.2, -0.15) is 0 Å². The number of carbonyl (C=O) groups excluding carboxylic acids is 1. The number of benzene rings is 1. The van der Waals surface area contributed by atoms with Gasteiger partial charge in [0.15, 0.2) is 11.0 Å². The summed E-state index contributed by atoms with van der Waals surface area (Å²) in [4.78, 5) is 11.6. The molecule has 2 aromatic rings. The van der Waals surface area contributed by atoms with Crippen molar-refractivity contribution in [2.45, 2.75) is 89.6 Å². The van der Waals surface area contributed by atoms with Crippen LogP contribution in [0.3, 0.4) is 0 Å². The summed E-state index contributed by atoms with van der Waals surface area (Å²) < 4.78 is 2.16. The van der Waals surface area contributed by atoms with Crippen LogP contribution in [0.25, 0.3) is 11.4 Å². The monoisotopic (exact) mass is 416 g/mol. The van der Waals surface area contributed by atoms with Gasteiger partial charge in [-0.15, -0.1) is 10.2 Å². The number of nitrogens with two attached hydrogens (primary N) is 1. The Labute approximate surface area is 179 Å². The molecule has 1 amide bonds. The molecule has 1 aromatic heterocycles. The van der Waals surface area contributed by atoms with Gasteiger partial charge in [0.25, 0.3) is 0 Å². The zero-order valence-electron chi connectivity index (χ0n) is 18.7. The van der Waals surface area contributed by atoms with E-state index in [1.54, 1.807) is 0 Å². The van der Waals surface area contributed by atoms with Crippen molar-refractivity contribution in [3.05, 3.63) is 29.8 Å². The summed E-state index contributed by atoms with van der Waals surface area (Å²) in [5, 5.41) is 9.30. The lowest BCUT2D eigenvalue weighted by Gasteiger charge is -2.20. The summed E-state index contributed by atoms with van der Waals surface area (Å²) in [7, 11) is 0. The molecule has 0 aliphatic carbocycles. The molecule has 2 rings (SSSR count). The van der Waals surface area contributed by atoms with Gasteiger partial charge in [0.05, 0.1) is 5.25 Å². The number of rotatable bonds is 10. The molecule has 6 heteroatoms. The van der Waals surface area contributed by atoms with Crippen LogP contribution in [-0.4, -0.2) is 25.9 Å². The second-order valence-electron chi connectivity index (χ2n) is 9.01. The van der Waals surface area contributed by atoms with E-state index in [9.17, 15) is 4.79 Å². The van der Waals surface area contributed by atoms with Crippen LogP contribution in [-0.2, 0) is 16.8 Å². The average Bonchev–Trinajstić information content (AvgIpc) is 3.03. The highest BCUT2D eigenvalue weighted by molar-refractivity contribution is 8.00. The smallest absolute Gasteiger partial charge is 0.230 e. The first-order valence-corrected chi connectivity index (χ1v) is 11.5. The summed E-state index contributed by atoms with van der Waals surface area (Å²) in [5.74, 6) is 1.02. The lowest BCUT2D eigenvalue weighted by atomic mass is 9.86. The lowest BCUT2D eigenvalue weighted by Crippen LogP contribution is -2.23. The van der Waals surface area contributed by atoms with Crippen LogP contribution < -0.4 is 5.73 Å². The fourth-order valence-electron chi connectivity index (χ4n) is 3.24. The molecule has 0 saturated carbocycles. The summed E-state index contributed by atoms with van der Waals surface area (Å²) >= 11 is 1.39. The number of nitrogens with zero attached hydrogens (tertiary/aromatic N) is 3. The Morgan fingerprint density at radius 1 is 1.14 bits per heavy atom. The standard InChI is InChI=1S/C23H36N4OS/c1-7-8-9-10-16(2)15-27-21(25-26-22(27)29-17(3)20(24)28)18-11-13-19(14-12-18)23(4,5)6/h11-14,16-17H,7-10,15H2,1-6H3,(H2,24,28). The maximum Gasteiger partial charge on any atom is 0.230 e. The first kappa shape index (κ1) is 23.5. The SMILES string of the molecule is CCCCCC(C)Cn1c(SC(C)C(N)=O)nnc1-c1ccc(C(C)(C)C)cc1. The van der Waals surface area contributed by atoms with Gasteiger partial charge in [-0.1, -0.05) is 89.9 Å². The van der Waals surface area contributed by atoms with Crippen molar-refractivity contribution in [3.63, 3.8) is 0 Å². The normalized spacial score (nSPS) is 14.0. The van der Waals surface area contributed by atoms with Crippen molar-refractivity contribution in [3.8, 4) is 11.4 Å². The highest BCUT2D eigenvalue weighted by atomic mass is 32.2. The zero-order chi connectivity index (χ0) is 21.6. The molecule has 2 atom stereocenters. The molecule has 1 aromatic carbocycles. The number of carbonyl (C=O) groups is 1. The summed E-state index contributed by atoms with van der Waals surface area (Å²) in [5.41, 5.74) is 7.92. The van der Waals surface area contributed by atoms with E-state index < -0.39 is 0 Å².